The van der Waals surface area contributed by atoms with Crippen molar-refractivity contribution in [2.24, 2.45) is 5.92 Å². The molecule has 0 aliphatic rings. The van der Waals surface area contributed by atoms with Crippen molar-refractivity contribution in [2.45, 2.75) is 66.2 Å². The summed E-state index contributed by atoms with van der Waals surface area (Å²) in [4.78, 5) is 9.04. The smallest absolute Gasteiger partial charge is 0.242 e. The summed E-state index contributed by atoms with van der Waals surface area (Å²) < 4.78 is 5.68. The number of aromatic nitrogens is 2. The molecule has 5 heteroatoms. The molecule has 0 radical (unpaired) electrons. The van der Waals surface area contributed by atoms with Crippen LogP contribution >= 0.6 is 0 Å². The highest BCUT2D eigenvalue weighted by molar-refractivity contribution is 5.66. The fourth-order valence-corrected chi connectivity index (χ4v) is 2.15. The van der Waals surface area contributed by atoms with Crippen LogP contribution in [0.25, 0.3) is 0 Å². The van der Waals surface area contributed by atoms with E-state index < -0.39 is 0 Å². The first-order valence-corrected chi connectivity index (χ1v) is 8.61. The maximum atomic E-state index is 6.15. The SMILES string of the molecule is CCCCCCNc1nc(CC(C)C)nc(OCCC)c1N. The first-order valence-electron chi connectivity index (χ1n) is 8.61. The Morgan fingerprint density at radius 2 is 1.86 bits per heavy atom. The zero-order valence-electron chi connectivity index (χ0n) is 14.6. The lowest BCUT2D eigenvalue weighted by Crippen LogP contribution is -2.13. The van der Waals surface area contributed by atoms with Crippen molar-refractivity contribution in [1.82, 2.24) is 9.97 Å². The van der Waals surface area contributed by atoms with E-state index in [1.807, 2.05) is 0 Å². The van der Waals surface area contributed by atoms with Crippen LogP contribution in [-0.4, -0.2) is 23.1 Å². The number of nitrogen functional groups attached to an aromatic ring is 1. The summed E-state index contributed by atoms with van der Waals surface area (Å²) in [7, 11) is 0. The quantitative estimate of drug-likeness (QED) is 0.604. The Balaban J connectivity index is 2.78. The number of hydrogen-bond donors (Lipinski definition) is 2. The summed E-state index contributed by atoms with van der Waals surface area (Å²) in [5, 5.41) is 3.35. The predicted octanol–water partition coefficient (Wildman–Crippen LogP) is 4.04. The van der Waals surface area contributed by atoms with Gasteiger partial charge in [-0.05, 0) is 18.8 Å². The maximum absolute atomic E-state index is 6.15. The van der Waals surface area contributed by atoms with Crippen LogP contribution in [0, 0.1) is 5.92 Å². The Bertz CT molecular complexity index is 435. The third-order valence-electron chi connectivity index (χ3n) is 3.31. The summed E-state index contributed by atoms with van der Waals surface area (Å²) in [6.07, 6.45) is 6.62. The molecule has 1 aromatic rings. The Morgan fingerprint density at radius 3 is 2.50 bits per heavy atom. The van der Waals surface area contributed by atoms with E-state index in [4.69, 9.17) is 10.5 Å². The van der Waals surface area contributed by atoms with Gasteiger partial charge in [-0.3, -0.25) is 0 Å². The van der Waals surface area contributed by atoms with Gasteiger partial charge in [0.15, 0.2) is 5.82 Å². The number of anilines is 2. The van der Waals surface area contributed by atoms with E-state index in [2.05, 4.69) is 43.0 Å². The van der Waals surface area contributed by atoms with Gasteiger partial charge in [0.2, 0.25) is 5.88 Å². The lowest BCUT2D eigenvalue weighted by Gasteiger charge is -2.14. The fraction of sp³-hybridized carbons (Fsp3) is 0.765. The molecule has 0 saturated heterocycles. The van der Waals surface area contributed by atoms with Crippen LogP contribution in [0.1, 0.15) is 65.6 Å². The molecule has 0 aliphatic carbocycles. The summed E-state index contributed by atoms with van der Waals surface area (Å²) in [5.41, 5.74) is 6.68. The largest absolute Gasteiger partial charge is 0.476 e. The van der Waals surface area contributed by atoms with Crippen LogP contribution < -0.4 is 15.8 Å². The minimum absolute atomic E-state index is 0.500. The summed E-state index contributed by atoms with van der Waals surface area (Å²) in [6.45, 7) is 10.1. The number of nitrogens with one attached hydrogen (secondary N) is 1. The molecule has 0 fully saturated rings. The number of hydrogen-bond acceptors (Lipinski definition) is 5. The monoisotopic (exact) mass is 308 g/mol. The number of unbranched alkanes of at least 4 members (excludes halogenated alkanes) is 3. The highest BCUT2D eigenvalue weighted by Gasteiger charge is 2.13. The van der Waals surface area contributed by atoms with E-state index >= 15 is 0 Å². The Morgan fingerprint density at radius 1 is 1.09 bits per heavy atom. The van der Waals surface area contributed by atoms with E-state index in [1.54, 1.807) is 0 Å². The molecule has 0 saturated carbocycles. The van der Waals surface area contributed by atoms with Crippen LogP contribution in [0.15, 0.2) is 0 Å². The Hall–Kier alpha value is -1.52. The molecule has 0 atom stereocenters. The van der Waals surface area contributed by atoms with Crippen molar-refractivity contribution in [2.75, 3.05) is 24.2 Å². The minimum atomic E-state index is 0.500. The summed E-state index contributed by atoms with van der Waals surface area (Å²) in [5.74, 6) is 2.53. The van der Waals surface area contributed by atoms with Gasteiger partial charge in [0, 0.05) is 13.0 Å². The van der Waals surface area contributed by atoms with Gasteiger partial charge in [-0.15, -0.1) is 0 Å². The van der Waals surface area contributed by atoms with Crippen molar-refractivity contribution < 1.29 is 4.74 Å². The lowest BCUT2D eigenvalue weighted by molar-refractivity contribution is 0.305. The number of rotatable bonds is 11. The standard InChI is InChI=1S/C17H32N4O/c1-5-7-8-9-10-19-16-15(18)17(22-11-6-2)21-14(20-16)12-13(3)4/h13H,5-12,18H2,1-4H3,(H,19,20,21). The molecular weight excluding hydrogens is 276 g/mol. The van der Waals surface area contributed by atoms with Gasteiger partial charge in [0.05, 0.1) is 6.61 Å². The van der Waals surface area contributed by atoms with Gasteiger partial charge in [0.25, 0.3) is 0 Å². The van der Waals surface area contributed by atoms with Crippen LogP contribution in [0.3, 0.4) is 0 Å². The van der Waals surface area contributed by atoms with E-state index in [0.29, 0.717) is 29.9 Å². The predicted molar refractivity (Wildman–Crippen MR) is 93.4 cm³/mol. The first kappa shape index (κ1) is 18.5. The average Bonchev–Trinajstić information content (AvgIpc) is 2.47. The second-order valence-electron chi connectivity index (χ2n) is 6.14. The molecule has 0 spiro atoms. The number of nitrogens with zero attached hydrogens (tertiary/aromatic N) is 2. The summed E-state index contributed by atoms with van der Waals surface area (Å²) in [6, 6.07) is 0. The van der Waals surface area contributed by atoms with Crippen LogP contribution in [0.5, 0.6) is 5.88 Å². The van der Waals surface area contributed by atoms with Gasteiger partial charge in [-0.25, -0.2) is 4.98 Å². The van der Waals surface area contributed by atoms with E-state index in [0.717, 1.165) is 31.6 Å². The Labute approximate surface area is 135 Å². The molecule has 0 amide bonds. The number of ether oxygens (including phenoxy) is 1. The molecule has 0 aliphatic heterocycles. The molecule has 5 nitrogen and oxygen atoms in total. The van der Waals surface area contributed by atoms with Crippen molar-refractivity contribution in [3.63, 3.8) is 0 Å². The molecule has 1 rings (SSSR count). The molecule has 3 N–H and O–H groups in total. The summed E-state index contributed by atoms with van der Waals surface area (Å²) >= 11 is 0. The molecule has 0 aromatic carbocycles. The van der Waals surface area contributed by atoms with Crippen LogP contribution in [0.4, 0.5) is 11.5 Å². The topological polar surface area (TPSA) is 73.1 Å². The highest BCUT2D eigenvalue weighted by Crippen LogP contribution is 2.27. The third-order valence-corrected chi connectivity index (χ3v) is 3.31. The second-order valence-corrected chi connectivity index (χ2v) is 6.14. The lowest BCUT2D eigenvalue weighted by atomic mass is 10.1. The van der Waals surface area contributed by atoms with Gasteiger partial charge >= 0.3 is 0 Å². The first-order chi connectivity index (χ1) is 10.6. The van der Waals surface area contributed by atoms with Gasteiger partial charge in [-0.1, -0.05) is 47.0 Å². The van der Waals surface area contributed by atoms with E-state index in [1.165, 1.54) is 19.3 Å². The molecule has 126 valence electrons. The molecular formula is C17H32N4O. The van der Waals surface area contributed by atoms with E-state index in [9.17, 15) is 0 Å². The zero-order valence-corrected chi connectivity index (χ0v) is 14.6. The van der Waals surface area contributed by atoms with Gasteiger partial charge in [-0.2, -0.15) is 4.98 Å². The normalized spacial score (nSPS) is 11.0. The van der Waals surface area contributed by atoms with Crippen molar-refractivity contribution in [1.29, 1.82) is 0 Å². The maximum Gasteiger partial charge on any atom is 0.242 e. The Kier molecular flexibility index (Phi) is 8.63. The van der Waals surface area contributed by atoms with Crippen molar-refractivity contribution in [3.05, 3.63) is 5.82 Å². The molecule has 22 heavy (non-hydrogen) atoms. The minimum Gasteiger partial charge on any atom is -0.476 e. The third kappa shape index (κ3) is 6.50. The van der Waals surface area contributed by atoms with Crippen molar-refractivity contribution >= 4 is 11.5 Å². The number of nitrogens with two attached hydrogens (primary N) is 1. The van der Waals surface area contributed by atoms with E-state index in [-0.39, 0.29) is 0 Å². The van der Waals surface area contributed by atoms with Gasteiger partial charge < -0.3 is 15.8 Å². The molecule has 1 aromatic heterocycles. The molecule has 0 bridgehead atoms. The van der Waals surface area contributed by atoms with Crippen LogP contribution in [-0.2, 0) is 6.42 Å². The fourth-order valence-electron chi connectivity index (χ4n) is 2.15. The van der Waals surface area contributed by atoms with Crippen molar-refractivity contribution in [3.8, 4) is 5.88 Å². The molecule has 0 unspecified atom stereocenters. The van der Waals surface area contributed by atoms with Crippen LogP contribution in [0.2, 0.25) is 0 Å². The second kappa shape index (κ2) is 10.2. The molecule has 1 heterocycles. The average molecular weight is 308 g/mol. The highest BCUT2D eigenvalue weighted by atomic mass is 16.5. The zero-order chi connectivity index (χ0) is 16.4. The van der Waals surface area contributed by atoms with Gasteiger partial charge in [0.1, 0.15) is 11.5 Å².